The molecule has 0 aliphatic rings. The van der Waals surface area contributed by atoms with E-state index < -0.39 is 14.6 Å². The lowest BCUT2D eigenvalue weighted by molar-refractivity contribution is -0.145. The molecule has 0 aromatic rings. The summed E-state index contributed by atoms with van der Waals surface area (Å²) in [6.45, 7) is 7.76. The molecule has 1 unspecified atom stereocenters. The van der Waals surface area contributed by atoms with Crippen molar-refractivity contribution in [3.8, 4) is 0 Å². The van der Waals surface area contributed by atoms with Crippen molar-refractivity contribution in [3.63, 3.8) is 0 Å². The first-order valence-corrected chi connectivity index (χ1v) is 7.65. The zero-order chi connectivity index (χ0) is 14.6. The summed E-state index contributed by atoms with van der Waals surface area (Å²) in [5.41, 5.74) is 0. The van der Waals surface area contributed by atoms with E-state index in [1.54, 1.807) is 34.7 Å². The van der Waals surface area contributed by atoms with Crippen molar-refractivity contribution in [2.45, 2.75) is 32.4 Å². The number of hydrogen-bond donors (Lipinski definition) is 0. The molecular formula is C12H25NO4S. The van der Waals surface area contributed by atoms with Gasteiger partial charge in [0.1, 0.15) is 0 Å². The van der Waals surface area contributed by atoms with Gasteiger partial charge in [0, 0.05) is 13.1 Å². The molecule has 0 spiro atoms. The van der Waals surface area contributed by atoms with Crippen molar-refractivity contribution < 1.29 is 17.9 Å². The second-order valence-electron chi connectivity index (χ2n) is 5.62. The van der Waals surface area contributed by atoms with Crippen molar-refractivity contribution >= 4 is 15.8 Å². The summed E-state index contributed by atoms with van der Waals surface area (Å²) >= 11 is 0. The SMILES string of the molecule is COC(=O)C(C)CN(C)CCS(=O)(=O)C(C)(C)C. The topological polar surface area (TPSA) is 63.7 Å². The van der Waals surface area contributed by atoms with Crippen LogP contribution < -0.4 is 0 Å². The van der Waals surface area contributed by atoms with Crippen LogP contribution in [0.3, 0.4) is 0 Å². The Hall–Kier alpha value is -0.620. The molecule has 0 saturated heterocycles. The van der Waals surface area contributed by atoms with Crippen LogP contribution in [0.4, 0.5) is 0 Å². The molecule has 1 atom stereocenters. The Morgan fingerprint density at radius 1 is 1.33 bits per heavy atom. The van der Waals surface area contributed by atoms with Crippen molar-refractivity contribution in [3.05, 3.63) is 0 Å². The maximum atomic E-state index is 11.9. The summed E-state index contributed by atoms with van der Waals surface area (Å²) in [6.07, 6.45) is 0. The molecule has 0 bridgehead atoms. The highest BCUT2D eigenvalue weighted by atomic mass is 32.2. The third kappa shape index (κ3) is 5.35. The maximum Gasteiger partial charge on any atom is 0.309 e. The molecule has 0 saturated carbocycles. The Kier molecular flexibility index (Phi) is 6.29. The molecule has 0 aliphatic carbocycles. The van der Waals surface area contributed by atoms with Crippen molar-refractivity contribution in [2.24, 2.45) is 5.92 Å². The Morgan fingerprint density at radius 2 is 1.83 bits per heavy atom. The van der Waals surface area contributed by atoms with E-state index in [4.69, 9.17) is 0 Å². The average Bonchev–Trinajstić information content (AvgIpc) is 2.23. The van der Waals surface area contributed by atoms with Gasteiger partial charge in [-0.2, -0.15) is 0 Å². The standard InChI is InChI=1S/C12H25NO4S/c1-10(11(14)17-6)9-13(5)7-8-18(15,16)12(2,3)4/h10H,7-9H2,1-6H3. The molecule has 0 aromatic heterocycles. The lowest BCUT2D eigenvalue weighted by atomic mass is 10.2. The number of ether oxygens (including phenoxy) is 1. The third-order valence-electron chi connectivity index (χ3n) is 2.86. The van der Waals surface area contributed by atoms with Crippen LogP contribution in [-0.2, 0) is 19.4 Å². The highest BCUT2D eigenvalue weighted by molar-refractivity contribution is 7.92. The number of sulfone groups is 1. The van der Waals surface area contributed by atoms with Crippen LogP contribution in [0.25, 0.3) is 0 Å². The van der Waals surface area contributed by atoms with E-state index in [9.17, 15) is 13.2 Å². The molecule has 0 N–H and O–H groups in total. The van der Waals surface area contributed by atoms with Crippen molar-refractivity contribution in [2.75, 3.05) is 33.0 Å². The van der Waals surface area contributed by atoms with E-state index in [-0.39, 0.29) is 17.6 Å². The van der Waals surface area contributed by atoms with Gasteiger partial charge in [-0.25, -0.2) is 8.42 Å². The smallest absolute Gasteiger partial charge is 0.309 e. The molecule has 0 amide bonds. The van der Waals surface area contributed by atoms with Gasteiger partial charge < -0.3 is 9.64 Å². The fourth-order valence-electron chi connectivity index (χ4n) is 1.42. The second-order valence-corrected chi connectivity index (χ2v) is 8.48. The van der Waals surface area contributed by atoms with Crippen LogP contribution in [-0.4, -0.2) is 57.0 Å². The van der Waals surface area contributed by atoms with Crippen LogP contribution in [0.1, 0.15) is 27.7 Å². The van der Waals surface area contributed by atoms with E-state index >= 15 is 0 Å². The fraction of sp³-hybridized carbons (Fsp3) is 0.917. The predicted octanol–water partition coefficient (Wildman–Crippen LogP) is 0.941. The third-order valence-corrected chi connectivity index (χ3v) is 5.45. The Bertz CT molecular complexity index is 370. The largest absolute Gasteiger partial charge is 0.469 e. The molecular weight excluding hydrogens is 254 g/mol. The summed E-state index contributed by atoms with van der Waals surface area (Å²) in [5, 5.41) is 0. The average molecular weight is 279 g/mol. The zero-order valence-corrected chi connectivity index (χ0v) is 13.0. The van der Waals surface area contributed by atoms with Gasteiger partial charge in [0.05, 0.1) is 23.5 Å². The van der Waals surface area contributed by atoms with Crippen LogP contribution in [0.15, 0.2) is 0 Å². The summed E-state index contributed by atoms with van der Waals surface area (Å²) in [7, 11) is 0.0410. The van der Waals surface area contributed by atoms with E-state index in [2.05, 4.69) is 4.74 Å². The van der Waals surface area contributed by atoms with E-state index in [0.29, 0.717) is 13.1 Å². The Labute approximate surface area is 110 Å². The molecule has 0 radical (unpaired) electrons. The maximum absolute atomic E-state index is 11.9. The lowest BCUT2D eigenvalue weighted by Crippen LogP contribution is -2.37. The predicted molar refractivity (Wildman–Crippen MR) is 72.2 cm³/mol. The normalized spacial score (nSPS) is 14.6. The highest BCUT2D eigenvalue weighted by Crippen LogP contribution is 2.16. The van der Waals surface area contributed by atoms with Gasteiger partial charge >= 0.3 is 5.97 Å². The molecule has 108 valence electrons. The first-order valence-electron chi connectivity index (χ1n) is 6.00. The van der Waals surface area contributed by atoms with E-state index in [1.165, 1.54) is 7.11 Å². The van der Waals surface area contributed by atoms with E-state index in [1.807, 2.05) is 4.90 Å². The minimum atomic E-state index is -3.11. The summed E-state index contributed by atoms with van der Waals surface area (Å²) in [4.78, 5) is 13.1. The monoisotopic (exact) mass is 279 g/mol. The number of hydrogen-bond acceptors (Lipinski definition) is 5. The van der Waals surface area contributed by atoms with Gasteiger partial charge in [-0.05, 0) is 27.8 Å². The molecule has 0 aliphatic heterocycles. The van der Waals surface area contributed by atoms with Crippen molar-refractivity contribution in [1.82, 2.24) is 4.90 Å². The molecule has 5 nitrogen and oxygen atoms in total. The fourth-order valence-corrected chi connectivity index (χ4v) is 2.58. The molecule has 0 fully saturated rings. The Balaban J connectivity index is 4.29. The van der Waals surface area contributed by atoms with Gasteiger partial charge in [-0.15, -0.1) is 0 Å². The summed E-state index contributed by atoms with van der Waals surface area (Å²) < 4.78 is 27.7. The van der Waals surface area contributed by atoms with Gasteiger partial charge in [0.2, 0.25) is 0 Å². The van der Waals surface area contributed by atoms with Gasteiger partial charge in [0.25, 0.3) is 0 Å². The minimum Gasteiger partial charge on any atom is -0.469 e. The first-order chi connectivity index (χ1) is 8.01. The number of rotatable bonds is 6. The van der Waals surface area contributed by atoms with Gasteiger partial charge in [0.15, 0.2) is 9.84 Å². The van der Waals surface area contributed by atoms with E-state index in [0.717, 1.165) is 0 Å². The molecule has 0 aromatic carbocycles. The van der Waals surface area contributed by atoms with Crippen LogP contribution in [0.5, 0.6) is 0 Å². The van der Waals surface area contributed by atoms with Crippen LogP contribution >= 0.6 is 0 Å². The molecule has 6 heteroatoms. The number of methoxy groups -OCH3 is 1. The van der Waals surface area contributed by atoms with Gasteiger partial charge in [-0.1, -0.05) is 6.92 Å². The summed E-state index contributed by atoms with van der Waals surface area (Å²) in [6, 6.07) is 0. The number of carbonyl (C=O) groups excluding carboxylic acids is 1. The highest BCUT2D eigenvalue weighted by Gasteiger charge is 2.29. The first kappa shape index (κ1) is 17.4. The number of carbonyl (C=O) groups is 1. The van der Waals surface area contributed by atoms with Crippen LogP contribution in [0, 0.1) is 5.92 Å². The second kappa shape index (κ2) is 6.52. The van der Waals surface area contributed by atoms with Gasteiger partial charge in [-0.3, -0.25) is 4.79 Å². The molecule has 0 rings (SSSR count). The zero-order valence-electron chi connectivity index (χ0n) is 12.2. The number of nitrogens with zero attached hydrogens (tertiary/aromatic N) is 1. The number of esters is 1. The minimum absolute atomic E-state index is 0.0981. The lowest BCUT2D eigenvalue weighted by Gasteiger charge is -2.23. The summed E-state index contributed by atoms with van der Waals surface area (Å²) in [5.74, 6) is -0.432. The quantitative estimate of drug-likeness (QED) is 0.677. The Morgan fingerprint density at radius 3 is 2.22 bits per heavy atom. The van der Waals surface area contributed by atoms with Crippen LogP contribution in [0.2, 0.25) is 0 Å². The molecule has 18 heavy (non-hydrogen) atoms. The molecule has 0 heterocycles. The van der Waals surface area contributed by atoms with Crippen molar-refractivity contribution in [1.29, 1.82) is 0 Å².